The van der Waals surface area contributed by atoms with Crippen LogP contribution in [0.4, 0.5) is 14.4 Å². The predicted molar refractivity (Wildman–Crippen MR) is 513 cm³/mol. The Bertz CT molecular complexity index is 4540. The van der Waals surface area contributed by atoms with Gasteiger partial charge in [-0.1, -0.05) is 210 Å². The lowest BCUT2D eigenvalue weighted by atomic mass is 9.85. The van der Waals surface area contributed by atoms with E-state index in [9.17, 15) is 86.3 Å². The SMILES string of the molecule is C=CCNC(=O)C(=O)C(CC1CC1)NC(=O)[C@@H]1[C@@H]2[C@H](CN1C(=O)[C@@H](NC(=O)N[C@H](C(=O)OC(C)(C)C)C(C)C)C(C)(C)C)C2(C)C.C=CCNC(=O)C(=O)C(CCC)NC(=O)[C@@H]1[C@@H]2[C@H](CN1C(=O)[C@@H](NC(=O)N[C@H](C(=O)OCC1CC1)C(C)(C)C)C(C)(C)C)C2(C)C.CC(C)(C)[C@H](NC(=O)N[C@H](C(=O)N1C[C@H]2[C@@H]([C@H]1C(=O)NC(CC1CC1)C(=O)C(N)=O)C2(C)C)C(C)(C)C)C(=O)OC1CCCC1. The van der Waals surface area contributed by atoms with Crippen molar-refractivity contribution in [1.29, 1.82) is 0 Å². The molecule has 3 aliphatic heterocycles. The second kappa shape index (κ2) is 43.8. The van der Waals surface area contributed by atoms with Crippen LogP contribution < -0.4 is 64.2 Å². The topological polar surface area (TPSA) is 503 Å². The molecule has 0 radical (unpaired) electrons. The minimum absolute atomic E-state index is 0.0596. The number of amides is 15. The van der Waals surface area contributed by atoms with Crippen LogP contribution in [0.25, 0.3) is 0 Å². The minimum Gasteiger partial charge on any atom is -0.464 e. The molecule has 10 aliphatic rings. The number of ketones is 3. The number of nitrogens with one attached hydrogen (secondary N) is 11. The van der Waals surface area contributed by atoms with Gasteiger partial charge in [0.2, 0.25) is 52.8 Å². The Morgan fingerprint density at radius 1 is 0.409 bits per heavy atom. The molecule has 36 nitrogen and oxygen atoms in total. The highest BCUT2D eigenvalue weighted by Gasteiger charge is 2.73. The lowest BCUT2D eigenvalue weighted by molar-refractivity contribution is -0.158. The molecule has 3 heterocycles. The van der Waals surface area contributed by atoms with E-state index in [4.69, 9.17) is 19.9 Å². The van der Waals surface area contributed by atoms with Gasteiger partial charge in [0.1, 0.15) is 66.1 Å². The zero-order valence-electron chi connectivity index (χ0n) is 86.5. The summed E-state index contributed by atoms with van der Waals surface area (Å²) < 4.78 is 16.7. The minimum atomic E-state index is -1.10. The van der Waals surface area contributed by atoms with Gasteiger partial charge in [-0.25, -0.2) is 28.8 Å². The van der Waals surface area contributed by atoms with Gasteiger partial charge >= 0.3 is 36.0 Å². The Hall–Kier alpha value is -10.1. The standard InChI is InChI=1S/2C34H55N5O7.C33H53N5O7/c1-12-15-35-28(42)25(40)21(16-19-13-14-19)36-27(41)24-22-20(34(22,10)11)17-39(24)29(43)26(32(4,5)6)38-31(45)37-23(18(2)3)30(44)46-33(7,8)9;1-11-13-21(24(40)28(42)35-16-12-2)36-27(41)23-22-20(34(22,9)10)17-39(23)29(43)25(32(3,4)5)37-31(45)38-26(33(6,7)8)30(44)46-18-19-14-15-19;1-31(2,3)24(36-30(44)37-25(32(4,5)6)29(43)45-18-11-9-10-12-18)28(42)38-16-19-21(33(19,7)8)22(38)27(41)35-20(15-17-13-14-17)23(39)26(34)40/h12,18-24,26H,1,13-17H2,2-11H3,(H,35,42)(H,36,41)(H2,37,38,45);12,19-23,25-26H,2,11,13-18H2,1,3-10H3,(H,35,42)(H,36,41)(H2,37,38,45);17-22,24-25H,9-16H2,1-8H3,(H2,34,40)(H,35,41)(H2,36,37,44)/t20-,21?,22-,23-,24-,26+;20-,21?,22-,23-,25+,26+;19-,20?,21-,22-,24+,25+/m000/s1. The van der Waals surface area contributed by atoms with Crippen molar-refractivity contribution in [3.8, 4) is 0 Å². The van der Waals surface area contributed by atoms with Crippen molar-refractivity contribution in [2.75, 3.05) is 39.3 Å². The monoisotopic (exact) mass is 1920 g/mol. The maximum absolute atomic E-state index is 14.3. The molecule has 0 aromatic carbocycles. The average molecular weight is 1920 g/mol. The number of fused-ring (bicyclic) bond motifs is 3. The average Bonchev–Trinajstić information content (AvgIpc) is 1.53. The molecular formula is C101H163N15O21. The van der Waals surface area contributed by atoms with Gasteiger partial charge in [0.15, 0.2) is 0 Å². The molecule has 137 heavy (non-hydrogen) atoms. The van der Waals surface area contributed by atoms with E-state index in [0.717, 1.165) is 64.2 Å². The quantitative estimate of drug-likeness (QED) is 0.0121. The zero-order chi connectivity index (χ0) is 103. The van der Waals surface area contributed by atoms with Crippen molar-refractivity contribution < 1.29 is 101 Å². The second-order valence-corrected chi connectivity index (χ2v) is 48.5. The van der Waals surface area contributed by atoms with E-state index in [1.807, 2.05) is 138 Å². The third-order valence-corrected chi connectivity index (χ3v) is 29.1. The molecule has 7 aliphatic carbocycles. The van der Waals surface area contributed by atoms with E-state index < -0.39 is 212 Å². The number of likely N-dealkylation sites (tertiary alicyclic amines) is 3. The fourth-order valence-corrected chi connectivity index (χ4v) is 19.9. The van der Waals surface area contributed by atoms with E-state index in [-0.39, 0.29) is 95.1 Å². The van der Waals surface area contributed by atoms with E-state index in [2.05, 4.69) is 85.5 Å². The molecule has 15 amide bonds. The number of piperidine rings is 3. The number of carbonyl (C=O) groups excluding carboxylic acids is 18. The van der Waals surface area contributed by atoms with Gasteiger partial charge in [0.25, 0.3) is 17.7 Å². The van der Waals surface area contributed by atoms with Crippen LogP contribution in [0.15, 0.2) is 25.3 Å². The summed E-state index contributed by atoms with van der Waals surface area (Å²) >= 11 is 0. The smallest absolute Gasteiger partial charge is 0.329 e. The summed E-state index contributed by atoms with van der Waals surface area (Å²) in [5, 5.41) is 29.9. The lowest BCUT2D eigenvalue weighted by Crippen LogP contribution is -2.62. The van der Waals surface area contributed by atoms with Crippen molar-refractivity contribution in [1.82, 2.24) is 73.2 Å². The molecule has 3 unspecified atom stereocenters. The number of rotatable bonds is 38. The summed E-state index contributed by atoms with van der Waals surface area (Å²) in [4.78, 5) is 243. The molecule has 13 N–H and O–H groups in total. The maximum Gasteiger partial charge on any atom is 0.329 e. The number of nitrogens with zero attached hydrogens (tertiary/aromatic N) is 3. The molecule has 768 valence electrons. The van der Waals surface area contributed by atoms with Crippen LogP contribution in [0.2, 0.25) is 0 Å². The highest BCUT2D eigenvalue weighted by Crippen LogP contribution is 2.67. The summed E-state index contributed by atoms with van der Waals surface area (Å²) in [6.07, 6.45) is 13.6. The molecule has 18 atom stereocenters. The largest absolute Gasteiger partial charge is 0.464 e. The van der Waals surface area contributed by atoms with Gasteiger partial charge in [-0.05, 0) is 181 Å². The van der Waals surface area contributed by atoms with Gasteiger partial charge in [0, 0.05) is 32.7 Å². The molecule has 10 fully saturated rings. The van der Waals surface area contributed by atoms with E-state index in [0.29, 0.717) is 51.4 Å². The third kappa shape index (κ3) is 28.9. The Labute approximate surface area is 810 Å². The number of hydrogen-bond donors (Lipinski definition) is 12. The fraction of sp³-hybridized carbons (Fsp3) is 0.782. The van der Waals surface area contributed by atoms with Crippen LogP contribution in [-0.4, -0.2) is 245 Å². The summed E-state index contributed by atoms with van der Waals surface area (Å²) in [5.41, 5.74) is 0.372. The molecule has 0 spiro atoms. The number of ether oxygens (including phenoxy) is 3. The number of primary amides is 1. The molecule has 0 aromatic heterocycles. The van der Waals surface area contributed by atoms with Crippen molar-refractivity contribution in [2.45, 2.75) is 361 Å². The van der Waals surface area contributed by atoms with E-state index in [1.54, 1.807) is 34.6 Å². The van der Waals surface area contributed by atoms with Gasteiger partial charge in [-0.3, -0.25) is 57.5 Å². The third-order valence-electron chi connectivity index (χ3n) is 29.1. The molecule has 3 saturated heterocycles. The predicted octanol–water partition coefficient (Wildman–Crippen LogP) is 7.84. The highest BCUT2D eigenvalue weighted by molar-refractivity contribution is 6.39. The van der Waals surface area contributed by atoms with Crippen LogP contribution >= 0.6 is 0 Å². The number of carbonyl (C=O) groups is 18. The number of esters is 3. The summed E-state index contributed by atoms with van der Waals surface area (Å²) in [7, 11) is 0. The Balaban J connectivity index is 0.000000252. The molecule has 0 aromatic rings. The van der Waals surface area contributed by atoms with Crippen LogP contribution in [0, 0.1) is 102 Å². The van der Waals surface area contributed by atoms with Crippen molar-refractivity contribution in [3.63, 3.8) is 0 Å². The van der Waals surface area contributed by atoms with Gasteiger partial charge < -0.3 is 93.1 Å². The first kappa shape index (κ1) is 112. The molecule has 7 saturated carbocycles. The second-order valence-electron chi connectivity index (χ2n) is 48.5. The van der Waals surface area contributed by atoms with Crippen molar-refractivity contribution in [3.05, 3.63) is 25.3 Å². The van der Waals surface area contributed by atoms with Crippen LogP contribution in [0.5, 0.6) is 0 Å². The van der Waals surface area contributed by atoms with Crippen LogP contribution in [-0.2, 0) is 86.1 Å². The highest BCUT2D eigenvalue weighted by atomic mass is 16.6. The first-order valence-electron chi connectivity index (χ1n) is 49.4. The van der Waals surface area contributed by atoms with Crippen LogP contribution in [0.3, 0.4) is 0 Å². The first-order chi connectivity index (χ1) is 63.1. The molecule has 10 rings (SSSR count). The summed E-state index contributed by atoms with van der Waals surface area (Å²) in [5.74, 6) is -9.09. The van der Waals surface area contributed by atoms with Crippen molar-refractivity contribution >= 4 is 107 Å². The number of nitrogens with two attached hydrogens (primary N) is 1. The van der Waals surface area contributed by atoms with Crippen LogP contribution in [0.1, 0.15) is 277 Å². The zero-order valence-corrected chi connectivity index (χ0v) is 86.5. The van der Waals surface area contributed by atoms with Crippen molar-refractivity contribution in [2.24, 2.45) is 108 Å². The van der Waals surface area contributed by atoms with Gasteiger partial charge in [0.05, 0.1) is 24.7 Å². The number of hydrogen-bond acceptors (Lipinski definition) is 21. The van der Waals surface area contributed by atoms with E-state index >= 15 is 0 Å². The van der Waals surface area contributed by atoms with Gasteiger partial charge in [-0.2, -0.15) is 0 Å². The lowest BCUT2D eigenvalue weighted by Gasteiger charge is -2.38. The fourth-order valence-electron chi connectivity index (χ4n) is 19.9. The Morgan fingerprint density at radius 2 is 0.723 bits per heavy atom. The number of Topliss-reactive ketones (excluding diaryl/α,β-unsaturated/α-hetero) is 3. The molecule has 36 heteroatoms. The molecular weight excluding hydrogens is 1760 g/mol. The number of urea groups is 3. The Morgan fingerprint density at radius 3 is 1.03 bits per heavy atom. The maximum atomic E-state index is 14.3. The normalized spacial score (nSPS) is 24.5. The van der Waals surface area contributed by atoms with Gasteiger partial charge in [-0.15, -0.1) is 13.2 Å². The first-order valence-corrected chi connectivity index (χ1v) is 49.4. The molecule has 0 bridgehead atoms. The summed E-state index contributed by atoms with van der Waals surface area (Å²) in [6, 6.07) is -13.8. The summed E-state index contributed by atoms with van der Waals surface area (Å²) in [6.45, 7) is 58.8. The van der Waals surface area contributed by atoms with E-state index in [1.165, 1.54) is 26.9 Å². The Kier molecular flexibility index (Phi) is 35.9.